The van der Waals surface area contributed by atoms with Crippen molar-refractivity contribution in [2.24, 2.45) is 0 Å². The number of piperidine rings is 1. The summed E-state index contributed by atoms with van der Waals surface area (Å²) in [5.74, 6) is 2.35. The molecule has 5 rings (SSSR count). The second-order valence-electron chi connectivity index (χ2n) is 10.2. The molecule has 0 aliphatic carbocycles. The highest BCUT2D eigenvalue weighted by atomic mass is 32.2. The molecule has 1 N–H and O–H groups in total. The van der Waals surface area contributed by atoms with Crippen LogP contribution in [0.25, 0.3) is 0 Å². The second kappa shape index (κ2) is 13.3. The van der Waals surface area contributed by atoms with Gasteiger partial charge in [-0.15, -0.1) is 0 Å². The van der Waals surface area contributed by atoms with Gasteiger partial charge in [0.2, 0.25) is 11.8 Å². The van der Waals surface area contributed by atoms with E-state index in [0.717, 1.165) is 16.9 Å². The van der Waals surface area contributed by atoms with Crippen molar-refractivity contribution in [3.05, 3.63) is 83.3 Å². The SMILES string of the molecule is CCN1CC(=O)N[C@H]2CN(C(=O)c3ccc(CSC)o3)CC[C@@H]2OCc2cccc(c2)Oc2cccc(c2)CC1=O. The number of ether oxygens (including phenoxy) is 2. The molecule has 41 heavy (non-hydrogen) atoms. The van der Waals surface area contributed by atoms with E-state index in [1.54, 1.807) is 22.7 Å². The predicted octanol–water partition coefficient (Wildman–Crippen LogP) is 4.26. The maximum atomic E-state index is 13.3. The van der Waals surface area contributed by atoms with E-state index >= 15 is 0 Å². The van der Waals surface area contributed by atoms with Crippen LogP contribution in [0.3, 0.4) is 0 Å². The molecule has 1 fully saturated rings. The molecular formula is C31H35N3O6S. The molecule has 3 aromatic rings. The zero-order valence-corrected chi connectivity index (χ0v) is 24.2. The van der Waals surface area contributed by atoms with Gasteiger partial charge in [0.05, 0.1) is 37.5 Å². The van der Waals surface area contributed by atoms with Crippen LogP contribution in [0.5, 0.6) is 11.5 Å². The largest absolute Gasteiger partial charge is 0.457 e. The molecule has 2 atom stereocenters. The van der Waals surface area contributed by atoms with E-state index in [4.69, 9.17) is 13.9 Å². The van der Waals surface area contributed by atoms with Crippen molar-refractivity contribution in [1.82, 2.24) is 15.1 Å². The van der Waals surface area contributed by atoms with Crippen molar-refractivity contribution in [2.75, 3.05) is 32.4 Å². The molecule has 2 aromatic carbocycles. The number of hydrogen-bond acceptors (Lipinski definition) is 7. The number of furan rings is 1. The number of hydrogen-bond donors (Lipinski definition) is 1. The Bertz CT molecular complexity index is 1390. The minimum Gasteiger partial charge on any atom is -0.457 e. The van der Waals surface area contributed by atoms with Gasteiger partial charge in [0.1, 0.15) is 17.3 Å². The van der Waals surface area contributed by atoms with Crippen molar-refractivity contribution >= 4 is 29.5 Å². The van der Waals surface area contributed by atoms with Crippen LogP contribution in [0.4, 0.5) is 0 Å². The van der Waals surface area contributed by atoms with E-state index in [9.17, 15) is 14.4 Å². The molecule has 1 saturated heterocycles. The van der Waals surface area contributed by atoms with Gasteiger partial charge in [0, 0.05) is 19.6 Å². The zero-order chi connectivity index (χ0) is 28.8. The Morgan fingerprint density at radius 2 is 1.80 bits per heavy atom. The van der Waals surface area contributed by atoms with Crippen molar-refractivity contribution in [3.8, 4) is 11.5 Å². The third kappa shape index (κ3) is 7.31. The molecule has 0 radical (unpaired) electrons. The summed E-state index contributed by atoms with van der Waals surface area (Å²) < 4.78 is 18.2. The Hall–Kier alpha value is -3.76. The molecular weight excluding hydrogens is 542 g/mol. The van der Waals surface area contributed by atoms with Gasteiger partial charge < -0.3 is 29.0 Å². The minimum atomic E-state index is -0.459. The van der Waals surface area contributed by atoms with Crippen LogP contribution in [0.2, 0.25) is 0 Å². The lowest BCUT2D eigenvalue weighted by Crippen LogP contribution is -2.58. The van der Waals surface area contributed by atoms with E-state index < -0.39 is 6.04 Å². The minimum absolute atomic E-state index is 0.0836. The number of nitrogens with zero attached hydrogens (tertiary/aromatic N) is 2. The standard InChI is InChI=1S/C31H35N3O6S/c1-3-33-18-29(35)32-26-17-34(31(37)28-11-10-25(40-28)20-41-2)13-12-27(26)38-19-22-7-5-9-24(15-22)39-23-8-4-6-21(14-23)16-30(33)36/h4-11,14-15,26-27H,3,12-13,16-20H2,1-2H3,(H,32,35)/t26-,27-/m0/s1. The van der Waals surface area contributed by atoms with Crippen LogP contribution in [0, 0.1) is 0 Å². The molecule has 10 heteroatoms. The first kappa shape index (κ1) is 28.8. The van der Waals surface area contributed by atoms with Gasteiger partial charge in [0.25, 0.3) is 5.91 Å². The Balaban J connectivity index is 1.38. The van der Waals surface area contributed by atoms with Crippen LogP contribution in [-0.4, -0.2) is 72.1 Å². The van der Waals surface area contributed by atoms with Crippen LogP contribution >= 0.6 is 11.8 Å². The Kier molecular flexibility index (Phi) is 9.31. The monoisotopic (exact) mass is 577 g/mol. The summed E-state index contributed by atoms with van der Waals surface area (Å²) in [5.41, 5.74) is 1.73. The Morgan fingerprint density at radius 1 is 1.05 bits per heavy atom. The summed E-state index contributed by atoms with van der Waals surface area (Å²) in [5, 5.41) is 3.06. The fourth-order valence-corrected chi connectivity index (χ4v) is 5.61. The molecule has 216 valence electrons. The van der Waals surface area contributed by atoms with Crippen molar-refractivity contribution in [3.63, 3.8) is 0 Å². The molecule has 3 heterocycles. The van der Waals surface area contributed by atoms with E-state index in [0.29, 0.717) is 43.4 Å². The molecule has 0 saturated carbocycles. The molecule has 2 aliphatic heterocycles. The number of thioether (sulfide) groups is 1. The van der Waals surface area contributed by atoms with Gasteiger partial charge >= 0.3 is 0 Å². The van der Waals surface area contributed by atoms with Crippen LogP contribution < -0.4 is 10.1 Å². The van der Waals surface area contributed by atoms with Gasteiger partial charge in [0.15, 0.2) is 5.76 Å². The van der Waals surface area contributed by atoms with E-state index in [1.165, 1.54) is 4.90 Å². The summed E-state index contributed by atoms with van der Waals surface area (Å²) in [6, 6.07) is 18.1. The summed E-state index contributed by atoms with van der Waals surface area (Å²) in [6.07, 6.45) is 2.34. The lowest BCUT2D eigenvalue weighted by molar-refractivity contribution is -0.136. The lowest BCUT2D eigenvalue weighted by Gasteiger charge is -2.38. The third-order valence-corrected chi connectivity index (χ3v) is 7.84. The first-order valence-corrected chi connectivity index (χ1v) is 15.2. The van der Waals surface area contributed by atoms with Gasteiger partial charge in [-0.05, 0) is 67.1 Å². The number of rotatable bonds is 4. The van der Waals surface area contributed by atoms with E-state index in [1.807, 2.05) is 67.8 Å². The molecule has 9 nitrogen and oxygen atoms in total. The second-order valence-corrected chi connectivity index (χ2v) is 11.1. The molecule has 4 bridgehead atoms. The fourth-order valence-electron chi connectivity index (χ4n) is 5.17. The normalized spacial score (nSPS) is 20.0. The summed E-state index contributed by atoms with van der Waals surface area (Å²) >= 11 is 1.62. The highest BCUT2D eigenvalue weighted by Gasteiger charge is 2.35. The van der Waals surface area contributed by atoms with Crippen molar-refractivity contribution < 1.29 is 28.3 Å². The Labute approximate surface area is 244 Å². The number of carbonyl (C=O) groups is 3. The average molecular weight is 578 g/mol. The zero-order valence-electron chi connectivity index (χ0n) is 23.3. The summed E-state index contributed by atoms with van der Waals surface area (Å²) in [4.78, 5) is 42.9. The predicted molar refractivity (Wildman–Crippen MR) is 156 cm³/mol. The molecule has 2 aliphatic rings. The van der Waals surface area contributed by atoms with Crippen molar-refractivity contribution in [2.45, 2.75) is 44.3 Å². The van der Waals surface area contributed by atoms with Crippen LogP contribution in [0.1, 0.15) is 40.8 Å². The van der Waals surface area contributed by atoms with Crippen LogP contribution in [0.15, 0.2) is 65.1 Å². The van der Waals surface area contributed by atoms with Gasteiger partial charge in [-0.1, -0.05) is 24.3 Å². The fraction of sp³-hybridized carbons (Fsp3) is 0.387. The number of carbonyl (C=O) groups excluding carboxylic acids is 3. The number of amides is 3. The molecule has 0 spiro atoms. The Morgan fingerprint density at radius 3 is 2.56 bits per heavy atom. The lowest BCUT2D eigenvalue weighted by atomic mass is 10.0. The summed E-state index contributed by atoms with van der Waals surface area (Å²) in [6.45, 7) is 3.20. The first-order valence-electron chi connectivity index (χ1n) is 13.8. The summed E-state index contributed by atoms with van der Waals surface area (Å²) in [7, 11) is 0. The molecule has 3 amide bonds. The quantitative estimate of drug-likeness (QED) is 0.495. The van der Waals surface area contributed by atoms with E-state index in [-0.39, 0.29) is 49.1 Å². The molecule has 0 unspecified atom stereocenters. The van der Waals surface area contributed by atoms with Crippen LogP contribution in [-0.2, 0) is 33.1 Å². The first-order chi connectivity index (χ1) is 19.9. The number of likely N-dealkylation sites (tertiary alicyclic amines) is 1. The highest BCUT2D eigenvalue weighted by Crippen LogP contribution is 2.26. The smallest absolute Gasteiger partial charge is 0.289 e. The maximum absolute atomic E-state index is 13.3. The molecule has 1 aromatic heterocycles. The number of benzene rings is 2. The van der Waals surface area contributed by atoms with E-state index in [2.05, 4.69) is 5.32 Å². The van der Waals surface area contributed by atoms with Crippen molar-refractivity contribution in [1.29, 1.82) is 0 Å². The topological polar surface area (TPSA) is 101 Å². The third-order valence-electron chi connectivity index (χ3n) is 7.26. The van der Waals surface area contributed by atoms with Gasteiger partial charge in [-0.25, -0.2) is 0 Å². The number of fused-ring (bicyclic) bond motifs is 5. The van der Waals surface area contributed by atoms with Gasteiger partial charge in [-0.3, -0.25) is 14.4 Å². The average Bonchev–Trinajstić information content (AvgIpc) is 3.43. The van der Waals surface area contributed by atoms with Gasteiger partial charge in [-0.2, -0.15) is 11.8 Å². The number of likely N-dealkylation sites (N-methyl/N-ethyl adjacent to an activating group) is 1. The highest BCUT2D eigenvalue weighted by molar-refractivity contribution is 7.97. The number of nitrogens with one attached hydrogen (secondary N) is 1. The maximum Gasteiger partial charge on any atom is 0.289 e.